The van der Waals surface area contributed by atoms with Gasteiger partial charge < -0.3 is 16.0 Å². The molecular formula is C16H25N3O. The summed E-state index contributed by atoms with van der Waals surface area (Å²) in [4.78, 5) is 13.7. The van der Waals surface area contributed by atoms with Crippen LogP contribution in [-0.4, -0.2) is 24.5 Å². The molecular weight excluding hydrogens is 250 g/mol. The Morgan fingerprint density at radius 3 is 2.85 bits per heavy atom. The number of nitrogens with zero attached hydrogens (tertiary/aromatic N) is 1. The van der Waals surface area contributed by atoms with E-state index in [0.29, 0.717) is 6.04 Å². The minimum Gasteiger partial charge on any atom is -0.368 e. The Balaban J connectivity index is 2.15. The lowest BCUT2D eigenvalue weighted by atomic mass is 10.1. The molecule has 110 valence electrons. The van der Waals surface area contributed by atoms with Crippen LogP contribution in [-0.2, 0) is 11.3 Å². The highest BCUT2D eigenvalue weighted by Crippen LogP contribution is 2.29. The van der Waals surface area contributed by atoms with Gasteiger partial charge in [0.05, 0.1) is 0 Å². The fourth-order valence-corrected chi connectivity index (χ4v) is 2.82. The van der Waals surface area contributed by atoms with Crippen molar-refractivity contribution in [2.75, 3.05) is 11.4 Å². The quantitative estimate of drug-likeness (QED) is 0.863. The van der Waals surface area contributed by atoms with Crippen LogP contribution in [0, 0.1) is 6.92 Å². The first kappa shape index (κ1) is 14.9. The first-order valence-corrected chi connectivity index (χ1v) is 7.38. The number of carbonyl (C=O) groups excluding carboxylic acids is 1. The molecule has 1 heterocycles. The Morgan fingerprint density at radius 1 is 1.50 bits per heavy atom. The lowest BCUT2D eigenvalue weighted by Crippen LogP contribution is -2.40. The number of amides is 1. The predicted molar refractivity (Wildman–Crippen MR) is 82.7 cm³/mol. The first-order chi connectivity index (χ1) is 9.49. The number of nitrogens with two attached hydrogens (primary N) is 1. The maximum atomic E-state index is 11.5. The van der Waals surface area contributed by atoms with Crippen molar-refractivity contribution < 1.29 is 4.79 Å². The van der Waals surface area contributed by atoms with Crippen molar-refractivity contribution in [3.8, 4) is 0 Å². The van der Waals surface area contributed by atoms with Crippen LogP contribution >= 0.6 is 0 Å². The highest BCUT2D eigenvalue weighted by Gasteiger charge is 2.29. The maximum absolute atomic E-state index is 11.5. The van der Waals surface area contributed by atoms with Crippen LogP contribution in [0.2, 0.25) is 0 Å². The number of aryl methyl sites for hydroxylation is 1. The third-order valence-corrected chi connectivity index (χ3v) is 3.87. The van der Waals surface area contributed by atoms with Crippen molar-refractivity contribution in [3.63, 3.8) is 0 Å². The summed E-state index contributed by atoms with van der Waals surface area (Å²) in [6, 6.07) is 6.78. The standard InChI is InChI=1S/C16H25N3O/c1-11(2)18-10-13-6-7-14(12(3)9-13)19-8-4-5-15(19)16(17)20/h6-7,9,11,15,18H,4-5,8,10H2,1-3H3,(H2,17,20). The predicted octanol–water partition coefficient (Wildman–Crippen LogP) is 1.95. The molecule has 1 unspecified atom stereocenters. The average molecular weight is 275 g/mol. The van der Waals surface area contributed by atoms with Gasteiger partial charge in [-0.05, 0) is 37.0 Å². The Morgan fingerprint density at radius 2 is 2.25 bits per heavy atom. The van der Waals surface area contributed by atoms with E-state index in [1.807, 2.05) is 0 Å². The Labute approximate surface area is 121 Å². The molecule has 4 heteroatoms. The SMILES string of the molecule is Cc1cc(CNC(C)C)ccc1N1CCCC1C(N)=O. The molecule has 0 spiro atoms. The summed E-state index contributed by atoms with van der Waals surface area (Å²) < 4.78 is 0. The lowest BCUT2D eigenvalue weighted by Gasteiger charge is -2.26. The Bertz CT molecular complexity index is 485. The van der Waals surface area contributed by atoms with Crippen LogP contribution in [0.3, 0.4) is 0 Å². The van der Waals surface area contributed by atoms with Gasteiger partial charge in [-0.25, -0.2) is 0 Å². The molecule has 1 amide bonds. The van der Waals surface area contributed by atoms with Crippen LogP contribution in [0.1, 0.15) is 37.8 Å². The molecule has 0 bridgehead atoms. The van der Waals surface area contributed by atoms with Crippen molar-refractivity contribution in [1.82, 2.24) is 5.32 Å². The summed E-state index contributed by atoms with van der Waals surface area (Å²) in [5.41, 5.74) is 9.12. The average Bonchev–Trinajstić information content (AvgIpc) is 2.85. The largest absolute Gasteiger partial charge is 0.368 e. The number of nitrogens with one attached hydrogen (secondary N) is 1. The van der Waals surface area contributed by atoms with E-state index in [2.05, 4.69) is 49.2 Å². The molecule has 0 saturated carbocycles. The van der Waals surface area contributed by atoms with Crippen LogP contribution in [0.25, 0.3) is 0 Å². The minimum absolute atomic E-state index is 0.145. The molecule has 3 N–H and O–H groups in total. The number of rotatable bonds is 5. The summed E-state index contributed by atoms with van der Waals surface area (Å²) in [6.07, 6.45) is 1.90. The normalized spacial score (nSPS) is 18.8. The van der Waals surface area contributed by atoms with Crippen LogP contribution < -0.4 is 16.0 Å². The zero-order chi connectivity index (χ0) is 14.7. The topological polar surface area (TPSA) is 58.4 Å². The molecule has 1 aromatic rings. The van der Waals surface area contributed by atoms with Crippen molar-refractivity contribution in [3.05, 3.63) is 29.3 Å². The summed E-state index contributed by atoms with van der Waals surface area (Å²) in [5, 5.41) is 3.42. The van der Waals surface area contributed by atoms with Gasteiger partial charge in [0.2, 0.25) is 5.91 Å². The van der Waals surface area contributed by atoms with E-state index in [1.165, 1.54) is 11.1 Å². The molecule has 0 aromatic heterocycles. The molecule has 4 nitrogen and oxygen atoms in total. The maximum Gasteiger partial charge on any atom is 0.240 e. The van der Waals surface area contributed by atoms with Crippen molar-refractivity contribution in [2.24, 2.45) is 5.73 Å². The Hall–Kier alpha value is -1.55. The molecule has 0 aliphatic carbocycles. The van der Waals surface area contributed by atoms with Gasteiger partial charge >= 0.3 is 0 Å². The third-order valence-electron chi connectivity index (χ3n) is 3.87. The van der Waals surface area contributed by atoms with Crippen molar-refractivity contribution >= 4 is 11.6 Å². The molecule has 1 fully saturated rings. The number of hydrogen-bond acceptors (Lipinski definition) is 3. The van der Waals surface area contributed by atoms with Gasteiger partial charge in [-0.3, -0.25) is 4.79 Å². The monoisotopic (exact) mass is 275 g/mol. The van der Waals surface area contributed by atoms with E-state index < -0.39 is 0 Å². The van der Waals surface area contributed by atoms with E-state index in [9.17, 15) is 4.79 Å². The van der Waals surface area contributed by atoms with Gasteiger partial charge in [0.25, 0.3) is 0 Å². The summed E-state index contributed by atoms with van der Waals surface area (Å²) >= 11 is 0. The van der Waals surface area contributed by atoms with Crippen LogP contribution in [0.4, 0.5) is 5.69 Å². The van der Waals surface area contributed by atoms with Crippen molar-refractivity contribution in [2.45, 2.75) is 52.2 Å². The fourth-order valence-electron chi connectivity index (χ4n) is 2.82. The molecule has 2 rings (SSSR count). The zero-order valence-electron chi connectivity index (χ0n) is 12.6. The molecule has 1 atom stereocenters. The molecule has 1 saturated heterocycles. The number of hydrogen-bond donors (Lipinski definition) is 2. The van der Waals surface area contributed by atoms with Gasteiger partial charge in [0.15, 0.2) is 0 Å². The van der Waals surface area contributed by atoms with E-state index in [4.69, 9.17) is 5.73 Å². The zero-order valence-corrected chi connectivity index (χ0v) is 12.6. The highest BCUT2D eigenvalue weighted by molar-refractivity contribution is 5.84. The summed E-state index contributed by atoms with van der Waals surface area (Å²) in [6.45, 7) is 8.17. The van der Waals surface area contributed by atoms with E-state index in [1.54, 1.807) is 0 Å². The summed E-state index contributed by atoms with van der Waals surface area (Å²) in [7, 11) is 0. The second kappa shape index (κ2) is 6.27. The van der Waals surface area contributed by atoms with E-state index in [0.717, 1.165) is 31.6 Å². The number of primary amides is 1. The van der Waals surface area contributed by atoms with Crippen LogP contribution in [0.15, 0.2) is 18.2 Å². The highest BCUT2D eigenvalue weighted by atomic mass is 16.1. The summed E-state index contributed by atoms with van der Waals surface area (Å²) in [5.74, 6) is -0.215. The first-order valence-electron chi connectivity index (χ1n) is 7.38. The van der Waals surface area contributed by atoms with Crippen LogP contribution in [0.5, 0.6) is 0 Å². The molecule has 1 aliphatic rings. The lowest BCUT2D eigenvalue weighted by molar-refractivity contribution is -0.119. The van der Waals surface area contributed by atoms with E-state index >= 15 is 0 Å². The fraction of sp³-hybridized carbons (Fsp3) is 0.562. The van der Waals surface area contributed by atoms with Gasteiger partial charge in [-0.15, -0.1) is 0 Å². The second-order valence-electron chi connectivity index (χ2n) is 5.91. The number of carbonyl (C=O) groups is 1. The smallest absolute Gasteiger partial charge is 0.240 e. The van der Waals surface area contributed by atoms with Crippen molar-refractivity contribution in [1.29, 1.82) is 0 Å². The second-order valence-corrected chi connectivity index (χ2v) is 5.91. The molecule has 0 radical (unpaired) electrons. The van der Waals surface area contributed by atoms with Gasteiger partial charge in [0, 0.05) is 24.8 Å². The van der Waals surface area contributed by atoms with Gasteiger partial charge in [0.1, 0.15) is 6.04 Å². The number of anilines is 1. The third kappa shape index (κ3) is 3.31. The van der Waals surface area contributed by atoms with Gasteiger partial charge in [-0.2, -0.15) is 0 Å². The molecule has 1 aromatic carbocycles. The minimum atomic E-state index is -0.215. The molecule has 20 heavy (non-hydrogen) atoms. The van der Waals surface area contributed by atoms with E-state index in [-0.39, 0.29) is 11.9 Å². The van der Waals surface area contributed by atoms with Gasteiger partial charge in [-0.1, -0.05) is 26.0 Å². The number of benzene rings is 1. The Kier molecular flexibility index (Phi) is 4.65. The molecule has 1 aliphatic heterocycles.